The Morgan fingerprint density at radius 2 is 2.33 bits per heavy atom. The van der Waals surface area contributed by atoms with E-state index in [1.165, 1.54) is 0 Å². The van der Waals surface area contributed by atoms with E-state index < -0.39 is 5.79 Å². The summed E-state index contributed by atoms with van der Waals surface area (Å²) in [5, 5.41) is 8.86. The van der Waals surface area contributed by atoms with Gasteiger partial charge in [-0.2, -0.15) is 0 Å². The number of Topliss-reactive ketones (excluding diaryl/α,β-unsaturated/α-hetero) is 1. The summed E-state index contributed by atoms with van der Waals surface area (Å²) in [5.74, 6) is -1.12. The summed E-state index contributed by atoms with van der Waals surface area (Å²) in [5.41, 5.74) is 0.781. The Balaban J connectivity index is 2.76. The predicted molar refractivity (Wildman–Crippen MR) is 55.2 cm³/mol. The Morgan fingerprint density at radius 1 is 1.67 bits per heavy atom. The van der Waals surface area contributed by atoms with E-state index in [1.54, 1.807) is 13.8 Å². The van der Waals surface area contributed by atoms with Crippen LogP contribution < -0.4 is 0 Å². The highest BCUT2D eigenvalue weighted by molar-refractivity contribution is 5.95. The quantitative estimate of drug-likeness (QED) is 0.442. The fraction of sp³-hybridized carbons (Fsp3) is 0.727. The summed E-state index contributed by atoms with van der Waals surface area (Å²) in [6.45, 7) is 5.72. The first-order valence-electron chi connectivity index (χ1n) is 5.20. The Hall–Kier alpha value is -0.710. The second-order valence-corrected chi connectivity index (χ2v) is 3.99. The highest BCUT2D eigenvalue weighted by atomic mass is 17.1. The van der Waals surface area contributed by atoms with Gasteiger partial charge in [0.25, 0.3) is 0 Å². The van der Waals surface area contributed by atoms with Crippen LogP contribution in [0.3, 0.4) is 0 Å². The molecule has 0 aromatic heterocycles. The molecule has 0 heterocycles. The zero-order chi connectivity index (χ0) is 11.5. The largest absolute Gasteiger partial charge is 0.348 e. The second-order valence-electron chi connectivity index (χ2n) is 3.99. The molecule has 0 amide bonds. The monoisotopic (exact) mass is 214 g/mol. The molecule has 0 aliphatic heterocycles. The SMILES string of the molecule is CCOC(C)(OO)[C@@H]1CC=C(C)C(=O)C1. The van der Waals surface area contributed by atoms with Gasteiger partial charge in [0.15, 0.2) is 5.78 Å². The normalized spacial score (nSPS) is 26.0. The van der Waals surface area contributed by atoms with Gasteiger partial charge in [-0.25, -0.2) is 10.1 Å². The number of rotatable bonds is 4. The van der Waals surface area contributed by atoms with Gasteiger partial charge in [-0.3, -0.25) is 4.79 Å². The first-order valence-corrected chi connectivity index (χ1v) is 5.20. The molecule has 0 spiro atoms. The minimum Gasteiger partial charge on any atom is -0.348 e. The minimum atomic E-state index is -1.08. The predicted octanol–water partition coefficient (Wildman–Crippen LogP) is 2.15. The summed E-state index contributed by atoms with van der Waals surface area (Å²) in [7, 11) is 0. The third-order valence-electron chi connectivity index (χ3n) is 2.93. The number of ketones is 1. The number of carbonyl (C=O) groups excluding carboxylic acids is 1. The highest BCUT2D eigenvalue weighted by Gasteiger charge is 2.39. The van der Waals surface area contributed by atoms with Gasteiger partial charge in [0.05, 0.1) is 0 Å². The number of allylic oxidation sites excluding steroid dienone is 2. The number of carbonyl (C=O) groups is 1. The molecule has 1 unspecified atom stereocenters. The van der Waals surface area contributed by atoms with E-state index in [0.717, 1.165) is 5.57 Å². The average molecular weight is 214 g/mol. The lowest BCUT2D eigenvalue weighted by Crippen LogP contribution is -2.42. The first-order chi connectivity index (χ1) is 7.03. The van der Waals surface area contributed by atoms with E-state index in [-0.39, 0.29) is 11.7 Å². The second kappa shape index (κ2) is 4.88. The molecular weight excluding hydrogens is 196 g/mol. The van der Waals surface area contributed by atoms with E-state index in [4.69, 9.17) is 9.99 Å². The van der Waals surface area contributed by atoms with Gasteiger partial charge < -0.3 is 4.74 Å². The van der Waals surface area contributed by atoms with Gasteiger partial charge in [-0.1, -0.05) is 6.08 Å². The van der Waals surface area contributed by atoms with Crippen LogP contribution >= 0.6 is 0 Å². The standard InChI is InChI=1S/C11H18O4/c1-4-14-11(3,15-13)9-6-5-8(2)10(12)7-9/h5,9,13H,4,6-7H2,1-3H3/t9-,11?/m1/s1. The summed E-state index contributed by atoms with van der Waals surface area (Å²) in [6, 6.07) is 0. The van der Waals surface area contributed by atoms with E-state index in [2.05, 4.69) is 4.89 Å². The Kier molecular flexibility index (Phi) is 4.02. The van der Waals surface area contributed by atoms with Gasteiger partial charge in [0, 0.05) is 18.9 Å². The fourth-order valence-corrected chi connectivity index (χ4v) is 1.81. The molecule has 0 fully saturated rings. The van der Waals surface area contributed by atoms with Crippen LogP contribution in [0, 0.1) is 5.92 Å². The molecule has 0 radical (unpaired) electrons. The smallest absolute Gasteiger partial charge is 0.202 e. The van der Waals surface area contributed by atoms with E-state index in [9.17, 15) is 4.79 Å². The Bertz CT molecular complexity index is 272. The number of hydrogen-bond donors (Lipinski definition) is 1. The van der Waals surface area contributed by atoms with Crippen molar-refractivity contribution in [2.24, 2.45) is 5.92 Å². The maximum absolute atomic E-state index is 11.5. The lowest BCUT2D eigenvalue weighted by Gasteiger charge is -2.35. The third kappa shape index (κ3) is 2.65. The Labute approximate surface area is 89.8 Å². The summed E-state index contributed by atoms with van der Waals surface area (Å²) in [6.07, 6.45) is 2.92. The molecule has 4 heteroatoms. The summed E-state index contributed by atoms with van der Waals surface area (Å²) in [4.78, 5) is 15.9. The van der Waals surface area contributed by atoms with Crippen LogP contribution in [0.2, 0.25) is 0 Å². The molecule has 1 rings (SSSR count). The van der Waals surface area contributed by atoms with Crippen molar-refractivity contribution in [2.75, 3.05) is 6.61 Å². The van der Waals surface area contributed by atoms with Gasteiger partial charge in [-0.05, 0) is 32.8 Å². The first kappa shape index (κ1) is 12.4. The molecule has 1 aliphatic rings. The number of hydrogen-bond acceptors (Lipinski definition) is 4. The molecule has 4 nitrogen and oxygen atoms in total. The van der Waals surface area contributed by atoms with Crippen molar-refractivity contribution in [2.45, 2.75) is 39.4 Å². The van der Waals surface area contributed by atoms with Crippen LogP contribution in [0.4, 0.5) is 0 Å². The number of ether oxygens (including phenoxy) is 1. The van der Waals surface area contributed by atoms with Gasteiger partial charge in [0.2, 0.25) is 5.79 Å². The van der Waals surface area contributed by atoms with Crippen molar-refractivity contribution in [1.29, 1.82) is 0 Å². The van der Waals surface area contributed by atoms with Crippen LogP contribution in [-0.2, 0) is 14.4 Å². The molecule has 86 valence electrons. The topological polar surface area (TPSA) is 55.8 Å². The van der Waals surface area contributed by atoms with E-state index in [0.29, 0.717) is 19.4 Å². The third-order valence-corrected chi connectivity index (χ3v) is 2.93. The molecular formula is C11H18O4. The zero-order valence-electron chi connectivity index (χ0n) is 9.45. The molecule has 0 bridgehead atoms. The van der Waals surface area contributed by atoms with Crippen molar-refractivity contribution in [3.8, 4) is 0 Å². The minimum absolute atomic E-state index is 0.0919. The van der Waals surface area contributed by atoms with Crippen molar-refractivity contribution in [3.63, 3.8) is 0 Å². The average Bonchev–Trinajstić information content (AvgIpc) is 2.22. The van der Waals surface area contributed by atoms with Gasteiger partial charge >= 0.3 is 0 Å². The highest BCUT2D eigenvalue weighted by Crippen LogP contribution is 2.33. The van der Waals surface area contributed by atoms with Crippen LogP contribution in [0.15, 0.2) is 11.6 Å². The van der Waals surface area contributed by atoms with Crippen LogP contribution in [-0.4, -0.2) is 23.4 Å². The molecule has 0 aromatic carbocycles. The van der Waals surface area contributed by atoms with Crippen LogP contribution in [0.5, 0.6) is 0 Å². The Morgan fingerprint density at radius 3 is 2.80 bits per heavy atom. The lowest BCUT2D eigenvalue weighted by atomic mass is 9.84. The molecule has 1 N–H and O–H groups in total. The van der Waals surface area contributed by atoms with E-state index in [1.807, 2.05) is 13.0 Å². The van der Waals surface area contributed by atoms with Gasteiger partial charge in [0.1, 0.15) is 0 Å². The molecule has 0 saturated heterocycles. The molecule has 0 saturated carbocycles. The van der Waals surface area contributed by atoms with Crippen molar-refractivity contribution < 1.29 is 19.7 Å². The lowest BCUT2D eigenvalue weighted by molar-refractivity contribution is -0.413. The summed E-state index contributed by atoms with van der Waals surface area (Å²) >= 11 is 0. The van der Waals surface area contributed by atoms with Crippen LogP contribution in [0.1, 0.15) is 33.6 Å². The fourth-order valence-electron chi connectivity index (χ4n) is 1.81. The zero-order valence-corrected chi connectivity index (χ0v) is 9.45. The van der Waals surface area contributed by atoms with Crippen molar-refractivity contribution >= 4 is 5.78 Å². The van der Waals surface area contributed by atoms with Crippen LogP contribution in [0.25, 0.3) is 0 Å². The molecule has 2 atom stereocenters. The maximum atomic E-state index is 11.5. The summed E-state index contributed by atoms with van der Waals surface area (Å²) < 4.78 is 5.35. The van der Waals surface area contributed by atoms with Crippen molar-refractivity contribution in [3.05, 3.63) is 11.6 Å². The maximum Gasteiger partial charge on any atom is 0.202 e. The molecule has 15 heavy (non-hydrogen) atoms. The van der Waals surface area contributed by atoms with Gasteiger partial charge in [-0.15, -0.1) is 0 Å². The molecule has 1 aliphatic carbocycles. The van der Waals surface area contributed by atoms with E-state index >= 15 is 0 Å². The molecule has 0 aromatic rings. The van der Waals surface area contributed by atoms with Crippen molar-refractivity contribution in [1.82, 2.24) is 0 Å².